The molecule has 0 N–H and O–H groups in total. The normalized spacial score (nSPS) is 13.9. The molecule has 0 saturated heterocycles. The van der Waals surface area contributed by atoms with E-state index in [0.717, 1.165) is 5.69 Å². The summed E-state index contributed by atoms with van der Waals surface area (Å²) in [6, 6.07) is 44.4. The quantitative estimate of drug-likeness (QED) is 0.249. The van der Waals surface area contributed by atoms with E-state index in [-0.39, 0.29) is 5.41 Å². The molecule has 0 unspecified atom stereocenters. The summed E-state index contributed by atoms with van der Waals surface area (Å²) in [5, 5.41) is 2.55. The van der Waals surface area contributed by atoms with E-state index in [4.69, 9.17) is 4.98 Å². The molecule has 0 amide bonds. The predicted octanol–water partition coefficient (Wildman–Crippen LogP) is 8.25. The van der Waals surface area contributed by atoms with Crippen LogP contribution in [0.3, 0.4) is 0 Å². The number of fused-ring (bicyclic) bond motifs is 11. The van der Waals surface area contributed by atoms with Crippen molar-refractivity contribution < 1.29 is 0 Å². The molecule has 2 aliphatic carbocycles. The van der Waals surface area contributed by atoms with Crippen LogP contribution in [-0.4, -0.2) is 4.98 Å². The van der Waals surface area contributed by atoms with Crippen molar-refractivity contribution in [2.45, 2.75) is 5.41 Å². The maximum atomic E-state index is 4.92. The van der Waals surface area contributed by atoms with Crippen LogP contribution < -0.4 is 0 Å². The van der Waals surface area contributed by atoms with Crippen molar-refractivity contribution in [2.24, 2.45) is 0 Å². The molecule has 2 aliphatic rings. The number of benzene rings is 5. The highest BCUT2D eigenvalue weighted by molar-refractivity contribution is 5.99. The van der Waals surface area contributed by atoms with Crippen LogP contribution >= 0.6 is 0 Å². The average molecular weight is 444 g/mol. The van der Waals surface area contributed by atoms with Crippen LogP contribution in [-0.2, 0) is 5.41 Å². The Morgan fingerprint density at radius 3 is 1.94 bits per heavy atom. The Morgan fingerprint density at radius 2 is 1.11 bits per heavy atom. The number of rotatable bonds is 1. The minimum atomic E-state index is -0.354. The maximum Gasteiger partial charge on any atom is 0.0753 e. The van der Waals surface area contributed by atoms with E-state index in [1.165, 1.54) is 60.8 Å². The van der Waals surface area contributed by atoms with Gasteiger partial charge in [-0.25, -0.2) is 0 Å². The minimum Gasteiger partial charge on any atom is -0.256 e. The number of hydrogen-bond donors (Lipinski definition) is 0. The average Bonchev–Trinajstić information content (AvgIpc) is 3.40. The molecule has 5 aromatic carbocycles. The zero-order valence-electron chi connectivity index (χ0n) is 19.1. The largest absolute Gasteiger partial charge is 0.256 e. The molecule has 0 aliphatic heterocycles. The van der Waals surface area contributed by atoms with E-state index in [2.05, 4.69) is 121 Å². The predicted molar refractivity (Wildman–Crippen MR) is 143 cm³/mol. The van der Waals surface area contributed by atoms with Gasteiger partial charge in [0.1, 0.15) is 0 Å². The number of nitrogens with zero attached hydrogens (tertiary/aromatic N) is 1. The lowest BCUT2D eigenvalue weighted by molar-refractivity contribution is 0.792. The Kier molecular flexibility index (Phi) is 3.65. The van der Waals surface area contributed by atoms with Crippen LogP contribution in [0, 0.1) is 0 Å². The lowest BCUT2D eigenvalue weighted by Crippen LogP contribution is -2.25. The molecule has 0 fully saturated rings. The second-order valence-electron chi connectivity index (χ2n) is 9.53. The smallest absolute Gasteiger partial charge is 0.0753 e. The maximum absolute atomic E-state index is 4.92. The summed E-state index contributed by atoms with van der Waals surface area (Å²) < 4.78 is 0. The molecule has 1 aromatic heterocycles. The third kappa shape index (κ3) is 2.30. The van der Waals surface area contributed by atoms with Gasteiger partial charge in [0, 0.05) is 11.8 Å². The van der Waals surface area contributed by atoms with E-state index in [9.17, 15) is 0 Å². The number of aromatic nitrogens is 1. The fraction of sp³-hybridized carbons (Fsp3) is 0.0294. The van der Waals surface area contributed by atoms with Crippen LogP contribution in [0.4, 0.5) is 0 Å². The van der Waals surface area contributed by atoms with E-state index in [1.807, 2.05) is 6.20 Å². The summed E-state index contributed by atoms with van der Waals surface area (Å²) >= 11 is 0. The van der Waals surface area contributed by atoms with E-state index >= 15 is 0 Å². The second-order valence-corrected chi connectivity index (χ2v) is 9.53. The van der Waals surface area contributed by atoms with Gasteiger partial charge in [0.2, 0.25) is 0 Å². The highest BCUT2D eigenvalue weighted by Crippen LogP contribution is 2.62. The van der Waals surface area contributed by atoms with E-state index in [1.54, 1.807) is 0 Å². The molecule has 0 atom stereocenters. The van der Waals surface area contributed by atoms with Gasteiger partial charge in [-0.15, -0.1) is 0 Å². The number of hydrogen-bond acceptors (Lipinski definition) is 1. The lowest BCUT2D eigenvalue weighted by atomic mass is 9.70. The van der Waals surface area contributed by atoms with Crippen LogP contribution in [0.15, 0.2) is 128 Å². The molecule has 6 aromatic rings. The first-order valence-electron chi connectivity index (χ1n) is 12.2. The summed E-state index contributed by atoms with van der Waals surface area (Å²) in [7, 11) is 0. The minimum absolute atomic E-state index is 0.354. The Labute approximate surface area is 204 Å². The summed E-state index contributed by atoms with van der Waals surface area (Å²) in [6.45, 7) is 0. The highest BCUT2D eigenvalue weighted by atomic mass is 14.7. The molecule has 35 heavy (non-hydrogen) atoms. The topological polar surface area (TPSA) is 12.9 Å². The van der Waals surface area contributed by atoms with Gasteiger partial charge in [-0.05, 0) is 67.4 Å². The van der Waals surface area contributed by atoms with E-state index < -0.39 is 0 Å². The first-order valence-corrected chi connectivity index (χ1v) is 12.2. The van der Waals surface area contributed by atoms with Crippen molar-refractivity contribution in [1.82, 2.24) is 4.98 Å². The van der Waals surface area contributed by atoms with Crippen LogP contribution in [0.25, 0.3) is 44.3 Å². The zero-order valence-corrected chi connectivity index (χ0v) is 19.1. The summed E-state index contributed by atoms with van der Waals surface area (Å²) in [4.78, 5) is 4.92. The first kappa shape index (κ1) is 18.9. The van der Waals surface area contributed by atoms with Crippen LogP contribution in [0.5, 0.6) is 0 Å². The van der Waals surface area contributed by atoms with Crippen molar-refractivity contribution in [2.75, 3.05) is 0 Å². The second kappa shape index (κ2) is 6.77. The molecule has 1 nitrogen and oxygen atoms in total. The molecule has 162 valence electrons. The Balaban J connectivity index is 1.51. The molecule has 1 spiro atoms. The third-order valence-electron chi connectivity index (χ3n) is 7.94. The SMILES string of the molecule is c1ccc2c(c1)-c1ccccc1C21c2cc(-c3cccc4ccccc34)ccc2-c2ncccc21. The monoisotopic (exact) mass is 443 g/mol. The van der Waals surface area contributed by atoms with Gasteiger partial charge >= 0.3 is 0 Å². The van der Waals surface area contributed by atoms with Crippen LogP contribution in [0.2, 0.25) is 0 Å². The van der Waals surface area contributed by atoms with Gasteiger partial charge in [-0.2, -0.15) is 0 Å². The molecule has 0 bridgehead atoms. The van der Waals surface area contributed by atoms with Crippen molar-refractivity contribution >= 4 is 10.8 Å². The zero-order chi connectivity index (χ0) is 23.0. The van der Waals surface area contributed by atoms with Gasteiger partial charge in [0.05, 0.1) is 11.1 Å². The molecular weight excluding hydrogens is 422 g/mol. The fourth-order valence-electron chi connectivity index (χ4n) is 6.59. The Hall–Kier alpha value is -4.49. The molecule has 8 rings (SSSR count). The molecule has 0 radical (unpaired) electrons. The summed E-state index contributed by atoms with van der Waals surface area (Å²) in [6.07, 6.45) is 1.92. The van der Waals surface area contributed by atoms with Gasteiger partial charge < -0.3 is 0 Å². The molecule has 0 saturated carbocycles. The Morgan fingerprint density at radius 1 is 0.457 bits per heavy atom. The Bertz CT molecular complexity index is 1740. The van der Waals surface area contributed by atoms with Crippen molar-refractivity contribution in [3.05, 3.63) is 150 Å². The lowest BCUT2D eigenvalue weighted by Gasteiger charge is -2.30. The highest BCUT2D eigenvalue weighted by Gasteiger charge is 2.52. The fourth-order valence-corrected chi connectivity index (χ4v) is 6.59. The molecule has 1 heteroatoms. The summed E-state index contributed by atoms with van der Waals surface area (Å²) in [5.74, 6) is 0. The van der Waals surface area contributed by atoms with Crippen molar-refractivity contribution in [3.8, 4) is 33.5 Å². The van der Waals surface area contributed by atoms with Gasteiger partial charge in [-0.1, -0.05) is 109 Å². The van der Waals surface area contributed by atoms with Crippen LogP contribution in [0.1, 0.15) is 22.3 Å². The van der Waals surface area contributed by atoms with E-state index in [0.29, 0.717) is 0 Å². The molecule has 1 heterocycles. The summed E-state index contributed by atoms with van der Waals surface area (Å²) in [5.41, 5.74) is 12.4. The van der Waals surface area contributed by atoms with Crippen molar-refractivity contribution in [1.29, 1.82) is 0 Å². The van der Waals surface area contributed by atoms with Gasteiger partial charge in [0.25, 0.3) is 0 Å². The van der Waals surface area contributed by atoms with Gasteiger partial charge in [0.15, 0.2) is 0 Å². The first-order chi connectivity index (χ1) is 17.4. The standard InChI is InChI=1S/C34H21N/c1-2-11-24-22(9-1)10-7-14-25(24)23-18-19-28-32(21-23)34(31-17-8-20-35-33(28)31)29-15-5-3-12-26(29)27-13-4-6-16-30(27)34/h1-21H. The van der Waals surface area contributed by atoms with Gasteiger partial charge in [-0.3, -0.25) is 4.98 Å². The third-order valence-corrected chi connectivity index (χ3v) is 7.94. The number of pyridine rings is 1. The van der Waals surface area contributed by atoms with Crippen molar-refractivity contribution in [3.63, 3.8) is 0 Å². The molecular formula is C34H21N.